The molecule has 0 radical (unpaired) electrons. The van der Waals surface area contributed by atoms with Gasteiger partial charge in [-0.05, 0) is 32.0 Å². The molecule has 2 N–H and O–H groups in total. The van der Waals surface area contributed by atoms with E-state index in [1.807, 2.05) is 6.92 Å². The maximum atomic E-state index is 13.5. The standard InChI is InChI=1S/C15H16FN3O2/c1-3-17-11-7-12(9-13(8-11)19(20)21)18-15-6-4-5-14(16)10(15)2/h4-9,17-18H,3H2,1-2H3. The minimum absolute atomic E-state index is 0.0231. The molecule has 0 bridgehead atoms. The minimum Gasteiger partial charge on any atom is -0.385 e. The number of anilines is 3. The fourth-order valence-corrected chi connectivity index (χ4v) is 1.99. The average Bonchev–Trinajstić information content (AvgIpc) is 2.44. The first kappa shape index (κ1) is 14.8. The molecule has 0 aliphatic rings. The Morgan fingerprint density at radius 2 is 1.95 bits per heavy atom. The van der Waals surface area contributed by atoms with Gasteiger partial charge >= 0.3 is 0 Å². The van der Waals surface area contributed by atoms with E-state index in [4.69, 9.17) is 0 Å². The molecule has 21 heavy (non-hydrogen) atoms. The normalized spacial score (nSPS) is 10.2. The molecule has 0 saturated heterocycles. The summed E-state index contributed by atoms with van der Waals surface area (Å²) in [5.41, 5.74) is 2.20. The van der Waals surface area contributed by atoms with E-state index in [1.54, 1.807) is 25.1 Å². The highest BCUT2D eigenvalue weighted by atomic mass is 19.1. The van der Waals surface area contributed by atoms with Gasteiger partial charge in [-0.2, -0.15) is 0 Å². The number of rotatable bonds is 5. The Bertz CT molecular complexity index is 674. The van der Waals surface area contributed by atoms with Crippen molar-refractivity contribution in [2.75, 3.05) is 17.2 Å². The van der Waals surface area contributed by atoms with Gasteiger partial charge in [0.1, 0.15) is 5.82 Å². The Labute approximate surface area is 122 Å². The molecule has 0 saturated carbocycles. The zero-order chi connectivity index (χ0) is 15.4. The molecule has 0 atom stereocenters. The van der Waals surface area contributed by atoms with Gasteiger partial charge in [0.15, 0.2) is 0 Å². The Hall–Kier alpha value is -2.63. The van der Waals surface area contributed by atoms with Crippen LogP contribution in [-0.2, 0) is 0 Å². The largest absolute Gasteiger partial charge is 0.385 e. The number of halogens is 1. The zero-order valence-electron chi connectivity index (χ0n) is 11.8. The van der Waals surface area contributed by atoms with Gasteiger partial charge in [-0.15, -0.1) is 0 Å². The predicted molar refractivity (Wildman–Crippen MR) is 81.7 cm³/mol. The highest BCUT2D eigenvalue weighted by Crippen LogP contribution is 2.28. The molecule has 0 aliphatic carbocycles. The fraction of sp³-hybridized carbons (Fsp3) is 0.200. The van der Waals surface area contributed by atoms with E-state index in [1.165, 1.54) is 18.2 Å². The molecule has 0 amide bonds. The minimum atomic E-state index is -0.454. The zero-order valence-corrected chi connectivity index (χ0v) is 11.8. The van der Waals surface area contributed by atoms with E-state index < -0.39 is 4.92 Å². The summed E-state index contributed by atoms with van der Waals surface area (Å²) < 4.78 is 13.5. The molecule has 110 valence electrons. The van der Waals surface area contributed by atoms with E-state index in [9.17, 15) is 14.5 Å². The number of non-ortho nitro benzene ring substituents is 1. The van der Waals surface area contributed by atoms with Crippen LogP contribution in [0, 0.1) is 22.9 Å². The quantitative estimate of drug-likeness (QED) is 0.639. The maximum absolute atomic E-state index is 13.5. The van der Waals surface area contributed by atoms with Gasteiger partial charge < -0.3 is 10.6 Å². The molecular weight excluding hydrogens is 273 g/mol. The number of nitrogens with one attached hydrogen (secondary N) is 2. The third kappa shape index (κ3) is 3.47. The molecular formula is C15H16FN3O2. The molecule has 0 spiro atoms. The monoisotopic (exact) mass is 289 g/mol. The highest BCUT2D eigenvalue weighted by Gasteiger charge is 2.11. The van der Waals surface area contributed by atoms with Gasteiger partial charge in [0.05, 0.1) is 4.92 Å². The summed E-state index contributed by atoms with van der Waals surface area (Å²) in [6, 6.07) is 9.33. The lowest BCUT2D eigenvalue weighted by Gasteiger charge is -2.12. The summed E-state index contributed by atoms with van der Waals surface area (Å²) in [6.07, 6.45) is 0. The van der Waals surface area contributed by atoms with Crippen molar-refractivity contribution in [3.63, 3.8) is 0 Å². The van der Waals surface area contributed by atoms with Crippen molar-refractivity contribution in [3.8, 4) is 0 Å². The van der Waals surface area contributed by atoms with Crippen LogP contribution >= 0.6 is 0 Å². The maximum Gasteiger partial charge on any atom is 0.273 e. The number of hydrogen-bond donors (Lipinski definition) is 2. The number of hydrogen-bond acceptors (Lipinski definition) is 4. The lowest BCUT2D eigenvalue weighted by molar-refractivity contribution is -0.384. The SMILES string of the molecule is CCNc1cc(Nc2cccc(F)c2C)cc([N+](=O)[O-])c1. The van der Waals surface area contributed by atoms with Gasteiger partial charge in [0.25, 0.3) is 5.69 Å². The van der Waals surface area contributed by atoms with Crippen LogP contribution in [0.4, 0.5) is 27.1 Å². The van der Waals surface area contributed by atoms with E-state index >= 15 is 0 Å². The van der Waals surface area contributed by atoms with Crippen LogP contribution in [0.25, 0.3) is 0 Å². The number of benzene rings is 2. The fourth-order valence-electron chi connectivity index (χ4n) is 1.99. The van der Waals surface area contributed by atoms with Crippen molar-refractivity contribution in [2.45, 2.75) is 13.8 Å². The molecule has 6 heteroatoms. The Morgan fingerprint density at radius 3 is 2.62 bits per heavy atom. The second-order valence-electron chi connectivity index (χ2n) is 4.59. The van der Waals surface area contributed by atoms with Crippen LogP contribution in [0.1, 0.15) is 12.5 Å². The van der Waals surface area contributed by atoms with E-state index in [0.29, 0.717) is 29.2 Å². The van der Waals surface area contributed by atoms with Crippen LogP contribution < -0.4 is 10.6 Å². The van der Waals surface area contributed by atoms with Gasteiger partial charge in [0, 0.05) is 41.3 Å². The van der Waals surface area contributed by atoms with Crippen molar-refractivity contribution >= 4 is 22.7 Å². The summed E-state index contributed by atoms with van der Waals surface area (Å²) >= 11 is 0. The smallest absolute Gasteiger partial charge is 0.273 e. The van der Waals surface area contributed by atoms with Crippen molar-refractivity contribution in [1.29, 1.82) is 0 Å². The summed E-state index contributed by atoms with van der Waals surface area (Å²) in [4.78, 5) is 10.5. The second-order valence-corrected chi connectivity index (χ2v) is 4.59. The Kier molecular flexibility index (Phi) is 4.37. The van der Waals surface area contributed by atoms with E-state index in [2.05, 4.69) is 10.6 Å². The van der Waals surface area contributed by atoms with E-state index in [0.717, 1.165) is 0 Å². The van der Waals surface area contributed by atoms with Crippen LogP contribution in [0.15, 0.2) is 36.4 Å². The van der Waals surface area contributed by atoms with Gasteiger partial charge in [0.2, 0.25) is 0 Å². The lowest BCUT2D eigenvalue weighted by Crippen LogP contribution is -2.01. The molecule has 0 heterocycles. The van der Waals surface area contributed by atoms with Crippen LogP contribution in [0.2, 0.25) is 0 Å². The average molecular weight is 289 g/mol. The lowest BCUT2D eigenvalue weighted by atomic mass is 10.1. The van der Waals surface area contributed by atoms with Gasteiger partial charge in [-0.25, -0.2) is 4.39 Å². The molecule has 2 aromatic rings. The molecule has 0 aliphatic heterocycles. The van der Waals surface area contributed by atoms with Crippen molar-refractivity contribution in [1.82, 2.24) is 0 Å². The van der Waals surface area contributed by atoms with E-state index in [-0.39, 0.29) is 11.5 Å². The molecule has 0 fully saturated rings. The third-order valence-electron chi connectivity index (χ3n) is 3.06. The molecule has 0 unspecified atom stereocenters. The van der Waals surface area contributed by atoms with Crippen LogP contribution in [0.5, 0.6) is 0 Å². The molecule has 2 rings (SSSR count). The second kappa shape index (κ2) is 6.21. The molecule has 0 aromatic heterocycles. The Balaban J connectivity index is 2.38. The first-order chi connectivity index (χ1) is 10.0. The highest BCUT2D eigenvalue weighted by molar-refractivity contribution is 5.70. The first-order valence-electron chi connectivity index (χ1n) is 6.56. The summed E-state index contributed by atoms with van der Waals surface area (Å²) in [6.45, 7) is 4.21. The Morgan fingerprint density at radius 1 is 1.24 bits per heavy atom. The number of nitro benzene ring substituents is 1. The number of nitro groups is 1. The van der Waals surface area contributed by atoms with Crippen molar-refractivity contribution in [2.24, 2.45) is 0 Å². The van der Waals surface area contributed by atoms with Gasteiger partial charge in [-0.3, -0.25) is 10.1 Å². The van der Waals surface area contributed by atoms with Crippen molar-refractivity contribution < 1.29 is 9.31 Å². The summed E-state index contributed by atoms with van der Waals surface area (Å²) in [5, 5.41) is 17.0. The molecule has 2 aromatic carbocycles. The number of nitrogens with zero attached hydrogens (tertiary/aromatic N) is 1. The van der Waals surface area contributed by atoms with Gasteiger partial charge in [-0.1, -0.05) is 6.07 Å². The van der Waals surface area contributed by atoms with Crippen LogP contribution in [-0.4, -0.2) is 11.5 Å². The summed E-state index contributed by atoms with van der Waals surface area (Å²) in [5.74, 6) is -0.322. The topological polar surface area (TPSA) is 67.2 Å². The summed E-state index contributed by atoms with van der Waals surface area (Å²) in [7, 11) is 0. The van der Waals surface area contributed by atoms with Crippen LogP contribution in [0.3, 0.4) is 0 Å². The van der Waals surface area contributed by atoms with Crippen molar-refractivity contribution in [3.05, 3.63) is 57.9 Å². The first-order valence-corrected chi connectivity index (χ1v) is 6.56. The third-order valence-corrected chi connectivity index (χ3v) is 3.06. The predicted octanol–water partition coefficient (Wildman–Crippen LogP) is 4.22. The molecule has 5 nitrogen and oxygen atoms in total.